The molecule has 118 valence electrons. The molecule has 5 heteroatoms. The molecular weight excluding hydrogens is 300 g/mol. The molecule has 0 saturated carbocycles. The Bertz CT molecular complexity index is 893. The van der Waals surface area contributed by atoms with Crippen LogP contribution in [0.2, 0.25) is 0 Å². The first-order chi connectivity index (χ1) is 11.8. The van der Waals surface area contributed by atoms with Crippen molar-refractivity contribution in [1.29, 1.82) is 0 Å². The van der Waals surface area contributed by atoms with Gasteiger partial charge in [-0.05, 0) is 41.5 Å². The van der Waals surface area contributed by atoms with Crippen LogP contribution < -0.4 is 10.6 Å². The van der Waals surface area contributed by atoms with Gasteiger partial charge in [-0.1, -0.05) is 12.1 Å². The van der Waals surface area contributed by atoms with Gasteiger partial charge in [0.05, 0.1) is 24.3 Å². The molecule has 4 rings (SSSR count). The van der Waals surface area contributed by atoms with E-state index >= 15 is 0 Å². The maximum absolute atomic E-state index is 11.5. The maximum atomic E-state index is 11.5. The van der Waals surface area contributed by atoms with E-state index in [-0.39, 0.29) is 5.91 Å². The normalized spacial score (nSPS) is 12.6. The van der Waals surface area contributed by atoms with Crippen LogP contribution in [-0.2, 0) is 17.8 Å². The van der Waals surface area contributed by atoms with Gasteiger partial charge >= 0.3 is 0 Å². The van der Waals surface area contributed by atoms with Crippen molar-refractivity contribution < 1.29 is 4.79 Å². The van der Waals surface area contributed by atoms with Crippen LogP contribution in [0.25, 0.3) is 11.1 Å². The van der Waals surface area contributed by atoms with Gasteiger partial charge in [0.25, 0.3) is 0 Å². The van der Waals surface area contributed by atoms with Crippen LogP contribution in [0.3, 0.4) is 0 Å². The van der Waals surface area contributed by atoms with Gasteiger partial charge in [-0.3, -0.25) is 14.8 Å². The van der Waals surface area contributed by atoms with E-state index in [1.165, 1.54) is 0 Å². The number of pyridine rings is 2. The number of carbonyl (C=O) groups excluding carboxylic acids is 1. The van der Waals surface area contributed by atoms with Crippen LogP contribution in [0, 0.1) is 0 Å². The van der Waals surface area contributed by atoms with Gasteiger partial charge in [-0.25, -0.2) is 0 Å². The number of nitrogens with one attached hydrogen (secondary N) is 2. The molecule has 1 aromatic carbocycles. The summed E-state index contributed by atoms with van der Waals surface area (Å²) in [5.41, 5.74) is 5.92. The third kappa shape index (κ3) is 2.96. The average molecular weight is 316 g/mol. The van der Waals surface area contributed by atoms with Crippen molar-refractivity contribution in [2.75, 3.05) is 10.6 Å². The Morgan fingerprint density at radius 1 is 1.08 bits per heavy atom. The predicted molar refractivity (Wildman–Crippen MR) is 93.6 cm³/mol. The van der Waals surface area contributed by atoms with Gasteiger partial charge in [0, 0.05) is 29.8 Å². The van der Waals surface area contributed by atoms with Crippen molar-refractivity contribution >= 4 is 17.3 Å². The number of benzene rings is 1. The number of fused-ring (bicyclic) bond motifs is 1. The summed E-state index contributed by atoms with van der Waals surface area (Å²) in [4.78, 5) is 20.1. The van der Waals surface area contributed by atoms with Gasteiger partial charge < -0.3 is 10.6 Å². The van der Waals surface area contributed by atoms with Gasteiger partial charge in [-0.2, -0.15) is 0 Å². The lowest BCUT2D eigenvalue weighted by molar-refractivity contribution is -0.115. The fourth-order valence-corrected chi connectivity index (χ4v) is 2.80. The molecule has 0 aliphatic carbocycles. The van der Waals surface area contributed by atoms with Crippen molar-refractivity contribution in [3.63, 3.8) is 0 Å². The Kier molecular flexibility index (Phi) is 3.67. The van der Waals surface area contributed by atoms with Crippen LogP contribution in [-0.4, -0.2) is 15.9 Å². The molecular formula is C19H16N4O. The highest BCUT2D eigenvalue weighted by Crippen LogP contribution is 2.29. The first kappa shape index (κ1) is 14.4. The maximum Gasteiger partial charge on any atom is 0.228 e. The molecule has 0 atom stereocenters. The highest BCUT2D eigenvalue weighted by atomic mass is 16.1. The molecule has 3 aromatic rings. The molecule has 3 heterocycles. The monoisotopic (exact) mass is 316 g/mol. The van der Waals surface area contributed by atoms with E-state index in [1.54, 1.807) is 12.4 Å². The summed E-state index contributed by atoms with van der Waals surface area (Å²) in [6.07, 6.45) is 5.85. The number of rotatable bonds is 4. The first-order valence-corrected chi connectivity index (χ1v) is 7.80. The van der Waals surface area contributed by atoms with E-state index in [0.29, 0.717) is 13.0 Å². The molecule has 0 saturated heterocycles. The van der Waals surface area contributed by atoms with Crippen LogP contribution in [0.15, 0.2) is 61.1 Å². The second-order valence-electron chi connectivity index (χ2n) is 5.73. The lowest BCUT2D eigenvalue weighted by Gasteiger charge is -2.09. The number of carbonyl (C=O) groups is 1. The third-order valence-corrected chi connectivity index (χ3v) is 4.00. The second-order valence-corrected chi connectivity index (χ2v) is 5.73. The van der Waals surface area contributed by atoms with Gasteiger partial charge in [0.1, 0.15) is 0 Å². The van der Waals surface area contributed by atoms with Crippen LogP contribution in [0.5, 0.6) is 0 Å². The van der Waals surface area contributed by atoms with Gasteiger partial charge in [-0.15, -0.1) is 0 Å². The summed E-state index contributed by atoms with van der Waals surface area (Å²) in [6.45, 7) is 0.647. The Balaban J connectivity index is 1.55. The topological polar surface area (TPSA) is 66.9 Å². The molecule has 24 heavy (non-hydrogen) atoms. The smallest absolute Gasteiger partial charge is 0.228 e. The molecule has 2 N–H and O–H groups in total. The zero-order chi connectivity index (χ0) is 16.4. The predicted octanol–water partition coefficient (Wildman–Crippen LogP) is 3.25. The quantitative estimate of drug-likeness (QED) is 0.775. The van der Waals surface area contributed by atoms with Crippen molar-refractivity contribution in [2.45, 2.75) is 13.0 Å². The largest absolute Gasteiger partial charge is 0.378 e. The molecule has 0 unspecified atom stereocenters. The summed E-state index contributed by atoms with van der Waals surface area (Å²) < 4.78 is 0. The van der Waals surface area contributed by atoms with E-state index in [1.807, 2.05) is 42.6 Å². The van der Waals surface area contributed by atoms with E-state index in [2.05, 4.69) is 26.7 Å². The van der Waals surface area contributed by atoms with E-state index in [4.69, 9.17) is 0 Å². The molecule has 0 radical (unpaired) electrons. The Hall–Kier alpha value is -3.21. The fraction of sp³-hybridized carbons (Fsp3) is 0.105. The summed E-state index contributed by atoms with van der Waals surface area (Å²) in [7, 11) is 0. The molecule has 1 aliphatic rings. The molecule has 5 nitrogen and oxygen atoms in total. The zero-order valence-corrected chi connectivity index (χ0v) is 13.0. The van der Waals surface area contributed by atoms with Crippen molar-refractivity contribution in [1.82, 2.24) is 9.97 Å². The van der Waals surface area contributed by atoms with Crippen LogP contribution in [0.1, 0.15) is 11.3 Å². The zero-order valence-electron chi connectivity index (χ0n) is 13.0. The molecule has 1 amide bonds. The minimum absolute atomic E-state index is 0.0473. The second kappa shape index (κ2) is 6.12. The van der Waals surface area contributed by atoms with Gasteiger partial charge in [0.2, 0.25) is 5.91 Å². The van der Waals surface area contributed by atoms with Gasteiger partial charge in [0.15, 0.2) is 0 Å². The van der Waals surface area contributed by atoms with Crippen molar-refractivity contribution in [2.24, 2.45) is 0 Å². The SMILES string of the molecule is O=C1Cc2cc(-c3cncc(NCc4ccccn4)c3)ccc2N1. The highest BCUT2D eigenvalue weighted by Gasteiger charge is 2.17. The number of hydrogen-bond donors (Lipinski definition) is 2. The summed E-state index contributed by atoms with van der Waals surface area (Å²) in [6, 6.07) is 13.9. The highest BCUT2D eigenvalue weighted by molar-refractivity contribution is 5.99. The molecule has 0 fully saturated rings. The molecule has 1 aliphatic heterocycles. The minimum Gasteiger partial charge on any atom is -0.378 e. The number of amides is 1. The Morgan fingerprint density at radius 3 is 2.92 bits per heavy atom. The molecule has 0 bridgehead atoms. The van der Waals surface area contributed by atoms with E-state index in [0.717, 1.165) is 33.8 Å². The standard InChI is InChI=1S/C19H16N4O/c24-19-9-14-7-13(4-5-18(14)23-19)15-8-17(11-20-10-15)22-12-16-3-1-2-6-21-16/h1-8,10-11,22H,9,12H2,(H,23,24). The third-order valence-electron chi connectivity index (χ3n) is 4.00. The number of nitrogens with zero attached hydrogens (tertiary/aromatic N) is 2. The Labute approximate surface area is 139 Å². The average Bonchev–Trinajstić information content (AvgIpc) is 3.00. The Morgan fingerprint density at radius 2 is 2.04 bits per heavy atom. The number of hydrogen-bond acceptors (Lipinski definition) is 4. The van der Waals surface area contributed by atoms with Crippen molar-refractivity contribution in [3.05, 3.63) is 72.3 Å². The lowest BCUT2D eigenvalue weighted by Crippen LogP contribution is -2.03. The van der Waals surface area contributed by atoms with Crippen LogP contribution in [0.4, 0.5) is 11.4 Å². The molecule has 0 spiro atoms. The minimum atomic E-state index is 0.0473. The lowest BCUT2D eigenvalue weighted by atomic mass is 10.0. The van der Waals surface area contributed by atoms with Crippen LogP contribution >= 0.6 is 0 Å². The van der Waals surface area contributed by atoms with E-state index in [9.17, 15) is 4.79 Å². The fourth-order valence-electron chi connectivity index (χ4n) is 2.80. The van der Waals surface area contributed by atoms with E-state index < -0.39 is 0 Å². The first-order valence-electron chi connectivity index (χ1n) is 7.80. The number of aromatic nitrogens is 2. The summed E-state index contributed by atoms with van der Waals surface area (Å²) in [5.74, 6) is 0.0473. The molecule has 2 aromatic heterocycles. The summed E-state index contributed by atoms with van der Waals surface area (Å²) >= 11 is 0. The number of anilines is 2. The van der Waals surface area contributed by atoms with Crippen molar-refractivity contribution in [3.8, 4) is 11.1 Å². The summed E-state index contributed by atoms with van der Waals surface area (Å²) in [5, 5.41) is 6.19.